The Kier molecular flexibility index (Phi) is 3.96. The van der Waals surface area contributed by atoms with Gasteiger partial charge < -0.3 is 0 Å². The third kappa shape index (κ3) is 2.80. The summed E-state index contributed by atoms with van der Waals surface area (Å²) in [6.45, 7) is 0. The van der Waals surface area contributed by atoms with Crippen molar-refractivity contribution in [3.05, 3.63) is 96.9 Å². The minimum atomic E-state index is -3.76. The molecule has 5 rings (SSSR count). The lowest BCUT2D eigenvalue weighted by molar-refractivity contribution is 0.595. The zero-order valence-corrected chi connectivity index (χ0v) is 16.0. The molecule has 0 atom stereocenters. The molecule has 29 heavy (non-hydrogen) atoms. The van der Waals surface area contributed by atoms with E-state index < -0.39 is 15.7 Å². The largest absolute Gasteiger partial charge is 0.294 e. The van der Waals surface area contributed by atoms with Crippen LogP contribution in [0.4, 0.5) is 4.39 Å². The number of pyridine rings is 1. The number of nitrogens with zero attached hydrogens (tertiary/aromatic N) is 2. The van der Waals surface area contributed by atoms with Crippen molar-refractivity contribution in [2.45, 2.75) is 9.79 Å². The monoisotopic (exact) mass is 402 g/mol. The van der Waals surface area contributed by atoms with E-state index in [1.165, 1.54) is 12.1 Å². The number of benzene rings is 3. The van der Waals surface area contributed by atoms with E-state index >= 15 is 0 Å². The summed E-state index contributed by atoms with van der Waals surface area (Å²) in [5.41, 5.74) is 1.81. The minimum absolute atomic E-state index is 0.0618. The van der Waals surface area contributed by atoms with Gasteiger partial charge in [0.1, 0.15) is 11.6 Å². The number of hydrogen-bond donors (Lipinski definition) is 0. The van der Waals surface area contributed by atoms with E-state index in [4.69, 9.17) is 0 Å². The number of halogens is 1. The third-order valence-corrected chi connectivity index (χ3v) is 6.72. The van der Waals surface area contributed by atoms with Crippen LogP contribution in [0.1, 0.15) is 0 Å². The van der Waals surface area contributed by atoms with E-state index in [1.807, 2.05) is 47.0 Å². The Hall–Kier alpha value is -3.51. The van der Waals surface area contributed by atoms with E-state index in [-0.39, 0.29) is 9.79 Å². The first-order chi connectivity index (χ1) is 14.1. The molecule has 5 aromatic rings. The smallest absolute Gasteiger partial charge is 0.206 e. The van der Waals surface area contributed by atoms with Crippen molar-refractivity contribution in [2.75, 3.05) is 0 Å². The molecule has 3 aromatic carbocycles. The molecule has 0 aliphatic rings. The van der Waals surface area contributed by atoms with Crippen molar-refractivity contribution in [1.29, 1.82) is 0 Å². The second-order valence-corrected chi connectivity index (χ2v) is 8.63. The lowest BCUT2D eigenvalue weighted by Crippen LogP contribution is -2.02. The molecule has 2 heterocycles. The summed E-state index contributed by atoms with van der Waals surface area (Å²) >= 11 is 0. The highest BCUT2D eigenvalue weighted by atomic mass is 32.2. The molecule has 0 saturated heterocycles. The predicted octanol–water partition coefficient (Wildman–Crippen LogP) is 5.15. The summed E-state index contributed by atoms with van der Waals surface area (Å²) in [4.78, 5) is 4.69. The van der Waals surface area contributed by atoms with Gasteiger partial charge in [-0.05, 0) is 60.7 Å². The molecule has 0 bridgehead atoms. The Bertz CT molecular complexity index is 1460. The molecule has 0 N–H and O–H groups in total. The summed E-state index contributed by atoms with van der Waals surface area (Å²) in [6, 6.07) is 23.4. The summed E-state index contributed by atoms with van der Waals surface area (Å²) in [5, 5.41) is 1.75. The van der Waals surface area contributed by atoms with Crippen LogP contribution >= 0.6 is 0 Å². The first-order valence-electron chi connectivity index (χ1n) is 9.01. The standard InChI is InChI=1S/C23H15FN2O2S/c24-16-8-10-17(11-9-16)29(27,28)18-12-13-22-20(15-18)19-5-1-2-6-21(19)26(22)23-7-3-4-14-25-23/h1-15H. The normalized spacial score (nSPS) is 11.9. The maximum atomic E-state index is 13.2. The van der Waals surface area contributed by atoms with Gasteiger partial charge in [-0.25, -0.2) is 17.8 Å². The number of rotatable bonds is 3. The Morgan fingerprint density at radius 2 is 1.41 bits per heavy atom. The zero-order chi connectivity index (χ0) is 20.0. The third-order valence-electron chi connectivity index (χ3n) is 4.96. The molecule has 0 saturated carbocycles. The molecule has 0 aliphatic heterocycles. The Morgan fingerprint density at radius 3 is 2.17 bits per heavy atom. The van der Waals surface area contributed by atoms with Crippen molar-refractivity contribution in [2.24, 2.45) is 0 Å². The Balaban J connectivity index is 1.79. The van der Waals surface area contributed by atoms with Crippen LogP contribution in [0.2, 0.25) is 0 Å². The summed E-state index contributed by atoms with van der Waals surface area (Å²) in [7, 11) is -3.76. The van der Waals surface area contributed by atoms with Gasteiger partial charge >= 0.3 is 0 Å². The van der Waals surface area contributed by atoms with Crippen LogP contribution in [0, 0.1) is 5.82 Å². The highest BCUT2D eigenvalue weighted by Gasteiger charge is 2.20. The van der Waals surface area contributed by atoms with E-state index in [1.54, 1.807) is 24.4 Å². The van der Waals surface area contributed by atoms with Gasteiger partial charge in [0.25, 0.3) is 0 Å². The summed E-state index contributed by atoms with van der Waals surface area (Å²) in [5.74, 6) is 0.283. The molecular weight excluding hydrogens is 387 g/mol. The number of fused-ring (bicyclic) bond motifs is 3. The fraction of sp³-hybridized carbons (Fsp3) is 0. The molecule has 2 aromatic heterocycles. The molecule has 142 valence electrons. The van der Waals surface area contributed by atoms with Gasteiger partial charge in [-0.2, -0.15) is 0 Å². The molecular formula is C23H15FN2O2S. The average molecular weight is 402 g/mol. The van der Waals surface area contributed by atoms with Crippen molar-refractivity contribution < 1.29 is 12.8 Å². The second kappa shape index (κ2) is 6.53. The quantitative estimate of drug-likeness (QED) is 0.392. The zero-order valence-electron chi connectivity index (χ0n) is 15.2. The molecule has 4 nitrogen and oxygen atoms in total. The van der Waals surface area contributed by atoms with E-state index in [0.717, 1.165) is 39.8 Å². The van der Waals surface area contributed by atoms with Gasteiger partial charge in [0.2, 0.25) is 9.84 Å². The van der Waals surface area contributed by atoms with Crippen LogP contribution in [0.5, 0.6) is 0 Å². The van der Waals surface area contributed by atoms with Gasteiger partial charge in [-0.3, -0.25) is 4.57 Å². The number of sulfone groups is 1. The fourth-order valence-electron chi connectivity index (χ4n) is 3.60. The minimum Gasteiger partial charge on any atom is -0.294 e. The van der Waals surface area contributed by atoms with Crippen LogP contribution in [-0.4, -0.2) is 18.0 Å². The molecule has 0 unspecified atom stereocenters. The van der Waals surface area contributed by atoms with Crippen LogP contribution in [0.25, 0.3) is 27.6 Å². The SMILES string of the molecule is O=S(=O)(c1ccc(F)cc1)c1ccc2c(c1)c1ccccc1n2-c1ccccn1. The average Bonchev–Trinajstić information content (AvgIpc) is 3.08. The Morgan fingerprint density at radius 1 is 0.724 bits per heavy atom. The van der Waals surface area contributed by atoms with Crippen LogP contribution < -0.4 is 0 Å². The lowest BCUT2D eigenvalue weighted by atomic mass is 10.1. The fourth-order valence-corrected chi connectivity index (χ4v) is 4.89. The summed E-state index contributed by atoms with van der Waals surface area (Å²) in [6.07, 6.45) is 1.73. The maximum absolute atomic E-state index is 13.2. The van der Waals surface area contributed by atoms with Crippen molar-refractivity contribution in [1.82, 2.24) is 9.55 Å². The highest BCUT2D eigenvalue weighted by molar-refractivity contribution is 7.91. The Labute approximate surface area is 166 Å². The number of para-hydroxylation sites is 1. The molecule has 0 spiro atoms. The van der Waals surface area contributed by atoms with E-state index in [0.29, 0.717) is 0 Å². The number of hydrogen-bond acceptors (Lipinski definition) is 3. The van der Waals surface area contributed by atoms with Crippen molar-refractivity contribution in [3.8, 4) is 5.82 Å². The molecule has 6 heteroatoms. The molecule has 0 amide bonds. The van der Waals surface area contributed by atoms with Crippen molar-refractivity contribution >= 4 is 31.6 Å². The first-order valence-corrected chi connectivity index (χ1v) is 10.5. The molecule has 0 radical (unpaired) electrons. The molecule has 0 fully saturated rings. The highest BCUT2D eigenvalue weighted by Crippen LogP contribution is 2.34. The topological polar surface area (TPSA) is 52.0 Å². The van der Waals surface area contributed by atoms with Crippen LogP contribution in [0.15, 0.2) is 101 Å². The van der Waals surface area contributed by atoms with E-state index in [9.17, 15) is 12.8 Å². The predicted molar refractivity (Wildman–Crippen MR) is 110 cm³/mol. The van der Waals surface area contributed by atoms with Gasteiger partial charge in [0, 0.05) is 17.0 Å². The second-order valence-electron chi connectivity index (χ2n) is 6.68. The van der Waals surface area contributed by atoms with Crippen LogP contribution in [-0.2, 0) is 9.84 Å². The maximum Gasteiger partial charge on any atom is 0.206 e. The first kappa shape index (κ1) is 17.6. The lowest BCUT2D eigenvalue weighted by Gasteiger charge is -2.07. The van der Waals surface area contributed by atoms with Gasteiger partial charge in [0.05, 0.1) is 20.8 Å². The van der Waals surface area contributed by atoms with Gasteiger partial charge in [-0.15, -0.1) is 0 Å². The molecule has 0 aliphatic carbocycles. The van der Waals surface area contributed by atoms with E-state index in [2.05, 4.69) is 4.98 Å². The summed E-state index contributed by atoms with van der Waals surface area (Å²) < 4.78 is 41.4. The van der Waals surface area contributed by atoms with Crippen LogP contribution in [0.3, 0.4) is 0 Å². The van der Waals surface area contributed by atoms with Crippen molar-refractivity contribution in [3.63, 3.8) is 0 Å². The van der Waals surface area contributed by atoms with Gasteiger partial charge in [-0.1, -0.05) is 24.3 Å². The van der Waals surface area contributed by atoms with Gasteiger partial charge in [0.15, 0.2) is 0 Å². The number of aromatic nitrogens is 2.